The molecular weight excluding hydrogens is 178 g/mol. The van der Waals surface area contributed by atoms with Gasteiger partial charge < -0.3 is 4.90 Å². The van der Waals surface area contributed by atoms with E-state index in [0.29, 0.717) is 11.6 Å². The highest BCUT2D eigenvalue weighted by atomic mass is 16.2. The average molecular weight is 191 g/mol. The summed E-state index contributed by atoms with van der Waals surface area (Å²) in [6, 6.07) is 0. The summed E-state index contributed by atoms with van der Waals surface area (Å²) in [7, 11) is 3.53. The molecule has 2 unspecified atom stereocenters. The van der Waals surface area contributed by atoms with Crippen LogP contribution in [-0.2, 0) is 6.42 Å². The van der Waals surface area contributed by atoms with Crippen LogP contribution in [-0.4, -0.2) is 35.1 Å². The van der Waals surface area contributed by atoms with Crippen LogP contribution in [0.5, 0.6) is 0 Å². The van der Waals surface area contributed by atoms with Gasteiger partial charge in [0.1, 0.15) is 0 Å². The van der Waals surface area contributed by atoms with Gasteiger partial charge in [-0.05, 0) is 24.7 Å². The Labute approximate surface area is 82.3 Å². The second-order valence-electron chi connectivity index (χ2n) is 4.47. The van der Waals surface area contributed by atoms with E-state index in [1.54, 1.807) is 19.0 Å². The van der Waals surface area contributed by atoms with Crippen molar-refractivity contribution in [3.63, 3.8) is 0 Å². The Morgan fingerprint density at radius 3 is 3.07 bits per heavy atom. The Hall–Kier alpha value is -1.32. The average Bonchev–Trinajstić information content (AvgIpc) is 2.63. The Kier molecular flexibility index (Phi) is 1.36. The number of carbonyl (C=O) groups excluding carboxylic acids is 1. The van der Waals surface area contributed by atoms with Crippen molar-refractivity contribution in [1.29, 1.82) is 0 Å². The van der Waals surface area contributed by atoms with E-state index in [2.05, 4.69) is 10.2 Å². The van der Waals surface area contributed by atoms with Crippen LogP contribution in [0.2, 0.25) is 0 Å². The molecule has 1 fully saturated rings. The van der Waals surface area contributed by atoms with Gasteiger partial charge in [-0.2, -0.15) is 5.10 Å². The number of hydrogen-bond acceptors (Lipinski definition) is 2. The minimum atomic E-state index is 0.0232. The van der Waals surface area contributed by atoms with Gasteiger partial charge in [-0.3, -0.25) is 9.89 Å². The van der Waals surface area contributed by atoms with Gasteiger partial charge >= 0.3 is 0 Å². The zero-order chi connectivity index (χ0) is 9.87. The van der Waals surface area contributed by atoms with Crippen molar-refractivity contribution in [2.45, 2.75) is 18.8 Å². The maximum absolute atomic E-state index is 11.8. The lowest BCUT2D eigenvalue weighted by molar-refractivity contribution is 0.0821. The summed E-state index contributed by atoms with van der Waals surface area (Å²) in [6.07, 6.45) is 2.34. The Balaban J connectivity index is 2.04. The van der Waals surface area contributed by atoms with Crippen molar-refractivity contribution in [3.05, 3.63) is 17.0 Å². The molecule has 14 heavy (non-hydrogen) atoms. The number of hydrogen-bond donors (Lipinski definition) is 1. The summed E-state index contributed by atoms with van der Waals surface area (Å²) in [6.45, 7) is 0. The molecule has 0 aromatic carbocycles. The molecule has 0 aliphatic heterocycles. The normalized spacial score (nSPS) is 27.0. The third-order valence-corrected chi connectivity index (χ3v) is 3.25. The molecule has 1 N–H and O–H groups in total. The second-order valence-corrected chi connectivity index (χ2v) is 4.47. The van der Waals surface area contributed by atoms with Crippen LogP contribution in [0.3, 0.4) is 0 Å². The summed E-state index contributed by atoms with van der Waals surface area (Å²) < 4.78 is 0. The molecule has 1 saturated carbocycles. The number of rotatable bonds is 1. The molecule has 1 heterocycles. The number of H-pyrrole nitrogens is 1. The highest BCUT2D eigenvalue weighted by Crippen LogP contribution is 2.56. The molecule has 1 aromatic heterocycles. The summed E-state index contributed by atoms with van der Waals surface area (Å²) in [5.74, 6) is 1.45. The number of nitrogens with one attached hydrogen (secondary N) is 1. The first-order valence-corrected chi connectivity index (χ1v) is 4.97. The fourth-order valence-electron chi connectivity index (χ4n) is 2.41. The SMILES string of the molecule is CN(C)C(=O)c1n[nH]c2c1C1CC1C2. The fourth-order valence-corrected chi connectivity index (χ4v) is 2.41. The number of carbonyl (C=O) groups is 1. The van der Waals surface area contributed by atoms with Crippen LogP contribution in [0.15, 0.2) is 0 Å². The first-order valence-electron chi connectivity index (χ1n) is 4.97. The smallest absolute Gasteiger partial charge is 0.274 e. The number of aromatic amines is 1. The quantitative estimate of drug-likeness (QED) is 0.712. The van der Waals surface area contributed by atoms with Crippen molar-refractivity contribution in [3.8, 4) is 0 Å². The number of fused-ring (bicyclic) bond motifs is 3. The third-order valence-electron chi connectivity index (χ3n) is 3.25. The van der Waals surface area contributed by atoms with Crippen LogP contribution < -0.4 is 0 Å². The molecule has 4 heteroatoms. The predicted octanol–water partition coefficient (Wildman–Crippen LogP) is 0.771. The van der Waals surface area contributed by atoms with Crippen molar-refractivity contribution < 1.29 is 4.79 Å². The maximum atomic E-state index is 11.8. The lowest BCUT2D eigenvalue weighted by Gasteiger charge is -2.08. The summed E-state index contributed by atoms with van der Waals surface area (Å²) in [5, 5.41) is 7.11. The molecule has 0 radical (unpaired) electrons. The molecular formula is C10H13N3O. The van der Waals surface area contributed by atoms with E-state index in [9.17, 15) is 4.79 Å². The first kappa shape index (κ1) is 8.03. The zero-order valence-corrected chi connectivity index (χ0v) is 8.37. The van der Waals surface area contributed by atoms with Gasteiger partial charge in [0.25, 0.3) is 5.91 Å². The molecule has 0 spiro atoms. The van der Waals surface area contributed by atoms with Gasteiger partial charge in [0.05, 0.1) is 0 Å². The largest absolute Gasteiger partial charge is 0.343 e. The summed E-state index contributed by atoms with van der Waals surface area (Å²) in [4.78, 5) is 13.4. The molecule has 2 aliphatic carbocycles. The zero-order valence-electron chi connectivity index (χ0n) is 8.37. The number of amides is 1. The van der Waals surface area contributed by atoms with Gasteiger partial charge in [-0.15, -0.1) is 0 Å². The summed E-state index contributed by atoms with van der Waals surface area (Å²) >= 11 is 0. The molecule has 0 bridgehead atoms. The van der Waals surface area contributed by atoms with Crippen LogP contribution >= 0.6 is 0 Å². The van der Waals surface area contributed by atoms with Crippen LogP contribution in [0.25, 0.3) is 0 Å². The first-order chi connectivity index (χ1) is 6.68. The van der Waals surface area contributed by atoms with E-state index in [1.165, 1.54) is 17.7 Å². The van der Waals surface area contributed by atoms with Gasteiger partial charge in [0, 0.05) is 25.4 Å². The Morgan fingerprint density at radius 1 is 1.57 bits per heavy atom. The lowest BCUT2D eigenvalue weighted by atomic mass is 10.1. The Morgan fingerprint density at radius 2 is 2.36 bits per heavy atom. The highest BCUT2D eigenvalue weighted by Gasteiger charge is 2.49. The van der Waals surface area contributed by atoms with Gasteiger partial charge in [-0.25, -0.2) is 0 Å². The van der Waals surface area contributed by atoms with Gasteiger partial charge in [-0.1, -0.05) is 0 Å². The minimum Gasteiger partial charge on any atom is -0.343 e. The van der Waals surface area contributed by atoms with E-state index in [-0.39, 0.29) is 5.91 Å². The van der Waals surface area contributed by atoms with E-state index in [0.717, 1.165) is 12.3 Å². The topological polar surface area (TPSA) is 49.0 Å². The van der Waals surface area contributed by atoms with E-state index in [1.807, 2.05) is 0 Å². The standard InChI is InChI=1S/C10H13N3O/c1-13(2)10(14)9-8-6-3-5(6)4-7(8)11-12-9/h5-6H,3-4H2,1-2H3,(H,11,12). The van der Waals surface area contributed by atoms with Gasteiger partial charge in [0.15, 0.2) is 5.69 Å². The molecule has 2 aliphatic rings. The van der Waals surface area contributed by atoms with Gasteiger partial charge in [0.2, 0.25) is 0 Å². The Bertz CT molecular complexity index is 407. The monoisotopic (exact) mass is 191 g/mol. The lowest BCUT2D eigenvalue weighted by Crippen LogP contribution is -2.23. The van der Waals surface area contributed by atoms with Crippen molar-refractivity contribution in [2.24, 2.45) is 5.92 Å². The van der Waals surface area contributed by atoms with Crippen LogP contribution in [0, 0.1) is 5.92 Å². The van der Waals surface area contributed by atoms with Crippen LogP contribution in [0.1, 0.15) is 34.1 Å². The van der Waals surface area contributed by atoms with E-state index in [4.69, 9.17) is 0 Å². The maximum Gasteiger partial charge on any atom is 0.274 e. The van der Waals surface area contributed by atoms with Crippen molar-refractivity contribution in [2.75, 3.05) is 14.1 Å². The molecule has 0 saturated heterocycles. The second kappa shape index (κ2) is 2.38. The number of nitrogens with zero attached hydrogens (tertiary/aromatic N) is 2. The molecule has 74 valence electrons. The molecule has 4 nitrogen and oxygen atoms in total. The molecule has 1 aromatic rings. The van der Waals surface area contributed by atoms with Crippen molar-refractivity contribution in [1.82, 2.24) is 15.1 Å². The van der Waals surface area contributed by atoms with Crippen molar-refractivity contribution >= 4 is 5.91 Å². The van der Waals surface area contributed by atoms with Crippen LogP contribution in [0.4, 0.5) is 0 Å². The third kappa shape index (κ3) is 0.882. The molecule has 1 amide bonds. The fraction of sp³-hybridized carbons (Fsp3) is 0.600. The highest BCUT2D eigenvalue weighted by molar-refractivity contribution is 5.94. The summed E-state index contributed by atoms with van der Waals surface area (Å²) in [5.41, 5.74) is 3.04. The van der Waals surface area contributed by atoms with E-state index < -0.39 is 0 Å². The molecule has 3 rings (SSSR count). The van der Waals surface area contributed by atoms with E-state index >= 15 is 0 Å². The minimum absolute atomic E-state index is 0.0232. The number of aromatic nitrogens is 2. The molecule has 2 atom stereocenters. The predicted molar refractivity (Wildman–Crippen MR) is 51.2 cm³/mol.